The fraction of sp³-hybridized carbons (Fsp3) is 0.250. The number of rotatable bonds is 1. The molecule has 8 heteroatoms. The van der Waals surface area contributed by atoms with Crippen molar-refractivity contribution in [2.75, 3.05) is 18.1 Å². The molecule has 2 heterocycles. The van der Waals surface area contributed by atoms with Gasteiger partial charge in [-0.05, 0) is 24.3 Å². The average Bonchev–Trinajstić information content (AvgIpc) is 2.55. The molecule has 0 aliphatic carbocycles. The number of benzene rings is 1. The second kappa shape index (κ2) is 5.70. The highest BCUT2D eigenvalue weighted by Gasteiger charge is 2.33. The third kappa shape index (κ3) is 2.86. The quantitative estimate of drug-likeness (QED) is 0.803. The van der Waals surface area contributed by atoms with Crippen molar-refractivity contribution in [2.45, 2.75) is 6.18 Å². The normalized spacial score (nSPS) is 14.1. The van der Waals surface area contributed by atoms with E-state index >= 15 is 0 Å². The highest BCUT2D eigenvalue weighted by molar-refractivity contribution is 6.07. The summed E-state index contributed by atoms with van der Waals surface area (Å²) in [7, 11) is 1.54. The number of carbonyl (C=O) groups excluding carboxylic acids is 1. The standard InChI is InChI=1S/C16H13F3N2O3/c1-20-5-4-10(8-14(20)22)15(23)21-6-7-24-13-3-2-11(9-12(13)21)16(17,18)19/h2-5,8-9H,6-7H2,1H3. The Morgan fingerprint density at radius 3 is 2.62 bits per heavy atom. The van der Waals surface area contributed by atoms with E-state index in [-0.39, 0.29) is 35.7 Å². The van der Waals surface area contributed by atoms with Crippen molar-refractivity contribution in [1.82, 2.24) is 4.57 Å². The lowest BCUT2D eigenvalue weighted by Crippen LogP contribution is -2.38. The van der Waals surface area contributed by atoms with E-state index in [0.717, 1.165) is 18.2 Å². The zero-order valence-corrected chi connectivity index (χ0v) is 12.6. The van der Waals surface area contributed by atoms with Crippen molar-refractivity contribution in [3.63, 3.8) is 0 Å². The third-order valence-corrected chi connectivity index (χ3v) is 3.75. The molecule has 1 amide bonds. The van der Waals surface area contributed by atoms with E-state index in [1.165, 1.54) is 34.8 Å². The number of hydrogen-bond acceptors (Lipinski definition) is 3. The first kappa shape index (κ1) is 16.1. The van der Waals surface area contributed by atoms with Gasteiger partial charge < -0.3 is 14.2 Å². The van der Waals surface area contributed by atoms with Crippen LogP contribution in [0.15, 0.2) is 41.3 Å². The number of aromatic nitrogens is 1. The topological polar surface area (TPSA) is 51.5 Å². The molecular weight excluding hydrogens is 325 g/mol. The Morgan fingerprint density at radius 2 is 1.96 bits per heavy atom. The molecule has 0 bridgehead atoms. The minimum Gasteiger partial charge on any atom is -0.490 e. The molecule has 0 saturated carbocycles. The van der Waals surface area contributed by atoms with Gasteiger partial charge in [0.15, 0.2) is 0 Å². The first-order chi connectivity index (χ1) is 11.3. The second-order valence-corrected chi connectivity index (χ2v) is 5.35. The summed E-state index contributed by atoms with van der Waals surface area (Å²) in [4.78, 5) is 25.5. The Labute approximate surface area is 134 Å². The van der Waals surface area contributed by atoms with Crippen molar-refractivity contribution in [3.8, 4) is 5.75 Å². The van der Waals surface area contributed by atoms with E-state index in [1.807, 2.05) is 0 Å². The lowest BCUT2D eigenvalue weighted by molar-refractivity contribution is -0.137. The molecule has 1 aliphatic heterocycles. The minimum absolute atomic E-state index is 0.0433. The maximum absolute atomic E-state index is 12.9. The number of halogens is 3. The number of alkyl halides is 3. The van der Waals surface area contributed by atoms with Crippen LogP contribution in [0.25, 0.3) is 0 Å². The molecule has 0 unspecified atom stereocenters. The molecule has 0 radical (unpaired) electrons. The van der Waals surface area contributed by atoms with Crippen molar-refractivity contribution in [3.05, 3.63) is 58.0 Å². The highest BCUT2D eigenvalue weighted by atomic mass is 19.4. The molecule has 5 nitrogen and oxygen atoms in total. The lowest BCUT2D eigenvalue weighted by Gasteiger charge is -2.30. The molecule has 0 spiro atoms. The molecule has 1 aromatic heterocycles. The number of aryl methyl sites for hydroxylation is 1. The number of anilines is 1. The summed E-state index contributed by atoms with van der Waals surface area (Å²) in [5.74, 6) is -0.344. The monoisotopic (exact) mass is 338 g/mol. The van der Waals surface area contributed by atoms with Crippen LogP contribution < -0.4 is 15.2 Å². The van der Waals surface area contributed by atoms with E-state index in [2.05, 4.69) is 0 Å². The van der Waals surface area contributed by atoms with Crippen LogP contribution in [0, 0.1) is 0 Å². The Bertz CT molecular complexity index is 858. The predicted molar refractivity (Wildman–Crippen MR) is 80.3 cm³/mol. The molecule has 3 rings (SSSR count). The number of hydrogen-bond donors (Lipinski definition) is 0. The van der Waals surface area contributed by atoms with Gasteiger partial charge >= 0.3 is 6.18 Å². The van der Waals surface area contributed by atoms with Crippen LogP contribution in [-0.2, 0) is 13.2 Å². The number of fused-ring (bicyclic) bond motifs is 1. The van der Waals surface area contributed by atoms with Gasteiger partial charge in [-0.2, -0.15) is 13.2 Å². The van der Waals surface area contributed by atoms with Gasteiger partial charge in [0.2, 0.25) is 0 Å². The molecule has 1 aliphatic rings. The summed E-state index contributed by atoms with van der Waals surface area (Å²) in [5, 5.41) is 0. The van der Waals surface area contributed by atoms with Crippen LogP contribution in [0.3, 0.4) is 0 Å². The van der Waals surface area contributed by atoms with E-state index in [9.17, 15) is 22.8 Å². The van der Waals surface area contributed by atoms with E-state index in [0.29, 0.717) is 0 Å². The van der Waals surface area contributed by atoms with E-state index in [4.69, 9.17) is 4.74 Å². The second-order valence-electron chi connectivity index (χ2n) is 5.35. The minimum atomic E-state index is -4.52. The largest absolute Gasteiger partial charge is 0.490 e. The molecule has 1 aromatic carbocycles. The number of ether oxygens (including phenoxy) is 1. The van der Waals surface area contributed by atoms with Crippen molar-refractivity contribution >= 4 is 11.6 Å². The molecular formula is C16H13F3N2O3. The molecule has 24 heavy (non-hydrogen) atoms. The van der Waals surface area contributed by atoms with Crippen LogP contribution in [0.5, 0.6) is 5.75 Å². The Hall–Kier alpha value is -2.77. The number of amides is 1. The smallest absolute Gasteiger partial charge is 0.416 e. The number of carbonyl (C=O) groups is 1. The Morgan fingerprint density at radius 1 is 1.21 bits per heavy atom. The van der Waals surface area contributed by atoms with Gasteiger partial charge in [-0.1, -0.05) is 0 Å². The molecule has 0 saturated heterocycles. The number of nitrogens with zero attached hydrogens (tertiary/aromatic N) is 2. The summed E-state index contributed by atoms with van der Waals surface area (Å²) in [5.41, 5.74) is -1.09. The molecule has 126 valence electrons. The first-order valence-electron chi connectivity index (χ1n) is 7.10. The van der Waals surface area contributed by atoms with Gasteiger partial charge in [0.25, 0.3) is 11.5 Å². The lowest BCUT2D eigenvalue weighted by atomic mass is 10.1. The fourth-order valence-electron chi connectivity index (χ4n) is 2.44. The Balaban J connectivity index is 2.03. The Kier molecular flexibility index (Phi) is 3.82. The summed E-state index contributed by atoms with van der Waals surface area (Å²) in [6, 6.07) is 5.59. The summed E-state index contributed by atoms with van der Waals surface area (Å²) in [6.07, 6.45) is -3.09. The summed E-state index contributed by atoms with van der Waals surface area (Å²) < 4.78 is 45.4. The third-order valence-electron chi connectivity index (χ3n) is 3.75. The van der Waals surface area contributed by atoms with Crippen LogP contribution in [0.1, 0.15) is 15.9 Å². The van der Waals surface area contributed by atoms with Crippen molar-refractivity contribution in [2.24, 2.45) is 7.05 Å². The summed E-state index contributed by atoms with van der Waals surface area (Å²) in [6.45, 7) is 0.261. The van der Waals surface area contributed by atoms with E-state index < -0.39 is 17.6 Å². The zero-order valence-electron chi connectivity index (χ0n) is 12.6. The first-order valence-corrected chi connectivity index (χ1v) is 7.10. The molecule has 0 fully saturated rings. The van der Waals surface area contributed by atoms with Crippen LogP contribution >= 0.6 is 0 Å². The number of pyridine rings is 1. The average molecular weight is 338 g/mol. The van der Waals surface area contributed by atoms with Gasteiger partial charge in [0, 0.05) is 24.9 Å². The molecule has 0 N–H and O–H groups in total. The van der Waals surface area contributed by atoms with Crippen LogP contribution in [-0.4, -0.2) is 23.6 Å². The SMILES string of the molecule is Cn1ccc(C(=O)N2CCOc3ccc(C(F)(F)F)cc32)cc1=O. The van der Waals surface area contributed by atoms with Crippen LogP contribution in [0.2, 0.25) is 0 Å². The van der Waals surface area contributed by atoms with Gasteiger partial charge in [-0.15, -0.1) is 0 Å². The van der Waals surface area contributed by atoms with Gasteiger partial charge in [-0.25, -0.2) is 0 Å². The highest BCUT2D eigenvalue weighted by Crippen LogP contribution is 2.38. The molecule has 2 aromatic rings. The summed E-state index contributed by atoms with van der Waals surface area (Å²) >= 11 is 0. The van der Waals surface area contributed by atoms with Crippen molar-refractivity contribution in [1.29, 1.82) is 0 Å². The maximum atomic E-state index is 12.9. The van der Waals surface area contributed by atoms with Gasteiger partial charge in [0.1, 0.15) is 12.4 Å². The van der Waals surface area contributed by atoms with E-state index in [1.54, 1.807) is 0 Å². The van der Waals surface area contributed by atoms with Gasteiger partial charge in [0.05, 0.1) is 17.8 Å². The fourth-order valence-corrected chi connectivity index (χ4v) is 2.44. The zero-order chi connectivity index (χ0) is 17.5. The van der Waals surface area contributed by atoms with Gasteiger partial charge in [-0.3, -0.25) is 9.59 Å². The van der Waals surface area contributed by atoms with Crippen molar-refractivity contribution < 1.29 is 22.7 Å². The maximum Gasteiger partial charge on any atom is 0.416 e. The predicted octanol–water partition coefficient (Wildman–Crippen LogP) is 2.44. The van der Waals surface area contributed by atoms with Crippen LogP contribution in [0.4, 0.5) is 18.9 Å². The molecule has 0 atom stereocenters.